The van der Waals surface area contributed by atoms with Gasteiger partial charge in [-0.25, -0.2) is 8.78 Å². The number of hydrogen-bond donors (Lipinski definition) is 2. The third-order valence-electron chi connectivity index (χ3n) is 3.78. The zero-order valence-corrected chi connectivity index (χ0v) is 13.0. The number of ether oxygens (including phenoxy) is 2. The Labute approximate surface area is 133 Å². The topological polar surface area (TPSA) is 73.6 Å². The molecule has 0 spiro atoms. The van der Waals surface area contributed by atoms with Crippen molar-refractivity contribution in [3.8, 4) is 5.75 Å². The number of nitrogens with one attached hydrogen (secondary N) is 1. The lowest BCUT2D eigenvalue weighted by Gasteiger charge is -2.34. The number of benzene rings is 1. The molecule has 0 aromatic heterocycles. The first-order valence-electron chi connectivity index (χ1n) is 6.65. The van der Waals surface area contributed by atoms with Crippen LogP contribution in [-0.2, 0) is 9.53 Å². The van der Waals surface area contributed by atoms with Gasteiger partial charge in [-0.1, -0.05) is 0 Å². The summed E-state index contributed by atoms with van der Waals surface area (Å²) in [7, 11) is 1.17. The normalized spacial score (nSPS) is 16.5. The number of nitrogens with two attached hydrogens (primary N) is 1. The minimum absolute atomic E-state index is 0. The molecule has 2 rings (SSSR count). The van der Waals surface area contributed by atoms with Crippen LogP contribution in [-0.4, -0.2) is 32.8 Å². The van der Waals surface area contributed by atoms with Gasteiger partial charge in [-0.3, -0.25) is 4.79 Å². The number of anilines is 1. The average Bonchev–Trinajstić information content (AvgIpc) is 2.47. The van der Waals surface area contributed by atoms with Gasteiger partial charge < -0.3 is 20.5 Å². The lowest BCUT2D eigenvalue weighted by atomic mass is 9.79. The molecule has 0 saturated carbocycles. The second kappa shape index (κ2) is 7.71. The summed E-state index contributed by atoms with van der Waals surface area (Å²) in [5.41, 5.74) is 4.99. The molecule has 1 heterocycles. The molecule has 1 aliphatic rings. The average molecular weight is 337 g/mol. The zero-order valence-electron chi connectivity index (χ0n) is 12.2. The van der Waals surface area contributed by atoms with Crippen molar-refractivity contribution in [2.45, 2.75) is 12.8 Å². The van der Waals surface area contributed by atoms with Gasteiger partial charge in [0.2, 0.25) is 5.91 Å². The molecule has 1 aromatic carbocycles. The van der Waals surface area contributed by atoms with Crippen LogP contribution in [0.4, 0.5) is 14.5 Å². The Morgan fingerprint density at radius 1 is 1.36 bits per heavy atom. The first-order valence-corrected chi connectivity index (χ1v) is 6.65. The predicted octanol–water partition coefficient (Wildman–Crippen LogP) is 2.09. The molecule has 0 aliphatic carbocycles. The maximum atomic E-state index is 13.6. The fourth-order valence-electron chi connectivity index (χ4n) is 2.38. The molecule has 8 heteroatoms. The lowest BCUT2D eigenvalue weighted by molar-refractivity contribution is -0.130. The number of amides is 1. The molecule has 1 aliphatic heterocycles. The summed E-state index contributed by atoms with van der Waals surface area (Å²) in [4.78, 5) is 12.4. The quantitative estimate of drug-likeness (QED) is 0.883. The van der Waals surface area contributed by atoms with Gasteiger partial charge in [-0.2, -0.15) is 0 Å². The van der Waals surface area contributed by atoms with Crippen LogP contribution < -0.4 is 15.8 Å². The highest BCUT2D eigenvalue weighted by Gasteiger charge is 2.38. The molecule has 1 fully saturated rings. The number of halogens is 3. The molecule has 3 N–H and O–H groups in total. The molecular formula is C14H19ClF2N2O3. The smallest absolute Gasteiger partial charge is 0.232 e. The minimum atomic E-state index is -0.874. The van der Waals surface area contributed by atoms with Crippen LogP contribution in [0.25, 0.3) is 0 Å². The van der Waals surface area contributed by atoms with Crippen molar-refractivity contribution in [1.29, 1.82) is 0 Å². The first-order chi connectivity index (χ1) is 10.0. The number of hydrogen-bond acceptors (Lipinski definition) is 4. The van der Waals surface area contributed by atoms with Crippen LogP contribution in [0.2, 0.25) is 0 Å². The van der Waals surface area contributed by atoms with Crippen molar-refractivity contribution in [2.75, 3.05) is 32.2 Å². The number of rotatable bonds is 4. The van der Waals surface area contributed by atoms with E-state index in [-0.39, 0.29) is 30.5 Å². The maximum absolute atomic E-state index is 13.6. The van der Waals surface area contributed by atoms with Crippen LogP contribution in [0, 0.1) is 17.0 Å². The van der Waals surface area contributed by atoms with E-state index in [1.54, 1.807) is 0 Å². The molecule has 1 saturated heterocycles. The van der Waals surface area contributed by atoms with E-state index in [1.165, 1.54) is 7.11 Å². The van der Waals surface area contributed by atoms with E-state index in [0.29, 0.717) is 26.1 Å². The van der Waals surface area contributed by atoms with Crippen LogP contribution >= 0.6 is 12.4 Å². The molecule has 124 valence electrons. The summed E-state index contributed by atoms with van der Waals surface area (Å²) in [5, 5.41) is 2.53. The lowest BCUT2D eigenvalue weighted by Crippen LogP contribution is -2.46. The molecule has 0 bridgehead atoms. The highest BCUT2D eigenvalue weighted by molar-refractivity contribution is 5.95. The molecule has 22 heavy (non-hydrogen) atoms. The molecule has 0 unspecified atom stereocenters. The fraction of sp³-hybridized carbons (Fsp3) is 0.500. The third kappa shape index (κ3) is 3.66. The van der Waals surface area contributed by atoms with Crippen LogP contribution in [0.3, 0.4) is 0 Å². The molecule has 5 nitrogen and oxygen atoms in total. The molecule has 0 radical (unpaired) electrons. The minimum Gasteiger partial charge on any atom is -0.491 e. The van der Waals surface area contributed by atoms with Crippen LogP contribution in [0.15, 0.2) is 12.1 Å². The Balaban J connectivity index is 0.00000242. The van der Waals surface area contributed by atoms with E-state index in [2.05, 4.69) is 10.1 Å². The van der Waals surface area contributed by atoms with Gasteiger partial charge in [0.1, 0.15) is 0 Å². The van der Waals surface area contributed by atoms with Gasteiger partial charge in [0, 0.05) is 37.6 Å². The van der Waals surface area contributed by atoms with Crippen molar-refractivity contribution < 1.29 is 23.0 Å². The number of carbonyl (C=O) groups is 1. The van der Waals surface area contributed by atoms with Crippen molar-refractivity contribution in [3.05, 3.63) is 23.8 Å². The van der Waals surface area contributed by atoms with Crippen molar-refractivity contribution in [3.63, 3.8) is 0 Å². The molecule has 1 aromatic rings. The Hall–Kier alpha value is -1.44. The van der Waals surface area contributed by atoms with Gasteiger partial charge in [-0.15, -0.1) is 12.4 Å². The standard InChI is InChI=1S/C14H18F2N2O3.ClH/c1-20-12-10(15)6-9(7-11(12)16)18-13(19)14(8-17)2-4-21-5-3-14;/h6-7H,2-5,8,17H2,1H3,(H,18,19);1H. The van der Waals surface area contributed by atoms with E-state index < -0.39 is 22.8 Å². The number of methoxy groups -OCH3 is 1. The highest BCUT2D eigenvalue weighted by atomic mass is 35.5. The summed E-state index contributed by atoms with van der Waals surface area (Å²) in [6, 6.07) is 2.03. The van der Waals surface area contributed by atoms with Gasteiger partial charge >= 0.3 is 0 Å². The Kier molecular flexibility index (Phi) is 6.52. The zero-order chi connectivity index (χ0) is 15.5. The van der Waals surface area contributed by atoms with Crippen molar-refractivity contribution >= 4 is 24.0 Å². The van der Waals surface area contributed by atoms with Crippen molar-refractivity contribution in [1.82, 2.24) is 0 Å². The summed E-state index contributed by atoms with van der Waals surface area (Å²) >= 11 is 0. The van der Waals surface area contributed by atoms with E-state index in [0.717, 1.165) is 12.1 Å². The second-order valence-electron chi connectivity index (χ2n) is 5.02. The van der Waals surface area contributed by atoms with Gasteiger partial charge in [-0.05, 0) is 12.8 Å². The molecular weight excluding hydrogens is 318 g/mol. The molecule has 0 atom stereocenters. The first kappa shape index (κ1) is 18.6. The predicted molar refractivity (Wildman–Crippen MR) is 80.3 cm³/mol. The summed E-state index contributed by atoms with van der Waals surface area (Å²) in [6.07, 6.45) is 0.965. The summed E-state index contributed by atoms with van der Waals surface area (Å²) < 4.78 is 37.1. The summed E-state index contributed by atoms with van der Waals surface area (Å²) in [5.74, 6) is -2.58. The Bertz CT molecular complexity index is 514. The van der Waals surface area contributed by atoms with E-state index >= 15 is 0 Å². The van der Waals surface area contributed by atoms with E-state index in [9.17, 15) is 13.6 Å². The van der Waals surface area contributed by atoms with Crippen LogP contribution in [0.5, 0.6) is 5.75 Å². The van der Waals surface area contributed by atoms with Gasteiger partial charge in [0.15, 0.2) is 17.4 Å². The third-order valence-corrected chi connectivity index (χ3v) is 3.78. The van der Waals surface area contributed by atoms with E-state index in [1.807, 2.05) is 0 Å². The van der Waals surface area contributed by atoms with E-state index in [4.69, 9.17) is 10.5 Å². The Morgan fingerprint density at radius 3 is 2.36 bits per heavy atom. The Morgan fingerprint density at radius 2 is 1.91 bits per heavy atom. The summed E-state index contributed by atoms with van der Waals surface area (Å²) in [6.45, 7) is 1.04. The monoisotopic (exact) mass is 336 g/mol. The number of carbonyl (C=O) groups excluding carboxylic acids is 1. The van der Waals surface area contributed by atoms with Gasteiger partial charge in [0.25, 0.3) is 0 Å². The largest absolute Gasteiger partial charge is 0.491 e. The van der Waals surface area contributed by atoms with Crippen LogP contribution in [0.1, 0.15) is 12.8 Å². The van der Waals surface area contributed by atoms with Crippen molar-refractivity contribution in [2.24, 2.45) is 11.1 Å². The molecule has 1 amide bonds. The fourth-order valence-corrected chi connectivity index (χ4v) is 2.38. The SMILES string of the molecule is COc1c(F)cc(NC(=O)C2(CN)CCOCC2)cc1F.Cl. The maximum Gasteiger partial charge on any atom is 0.232 e. The second-order valence-corrected chi connectivity index (χ2v) is 5.02. The van der Waals surface area contributed by atoms with Gasteiger partial charge in [0.05, 0.1) is 12.5 Å². The highest BCUT2D eigenvalue weighted by Crippen LogP contribution is 2.32.